The maximum absolute atomic E-state index is 13.4. The van der Waals surface area contributed by atoms with Crippen molar-refractivity contribution in [3.8, 4) is 0 Å². The van der Waals surface area contributed by atoms with Crippen molar-refractivity contribution in [2.45, 2.75) is 6.54 Å². The van der Waals surface area contributed by atoms with Crippen LogP contribution in [0.3, 0.4) is 0 Å². The topological polar surface area (TPSA) is 74.8 Å². The number of benzene rings is 1. The molecule has 1 amide bonds. The summed E-state index contributed by atoms with van der Waals surface area (Å²) in [6.45, 7) is 0.153. The Balaban J connectivity index is 2.10. The molecule has 1 N–H and O–H groups in total. The maximum atomic E-state index is 13.4. The van der Waals surface area contributed by atoms with Crippen molar-refractivity contribution in [1.29, 1.82) is 0 Å². The Kier molecular flexibility index (Phi) is 3.08. The van der Waals surface area contributed by atoms with Crippen LogP contribution >= 0.6 is 0 Å². The van der Waals surface area contributed by atoms with E-state index in [-0.39, 0.29) is 18.2 Å². The molecule has 6 nitrogen and oxygen atoms in total. The second-order valence-corrected chi connectivity index (χ2v) is 3.49. The molecule has 0 fully saturated rings. The molecule has 0 aliphatic carbocycles. The number of nitrogens with one attached hydrogen (secondary N) is 1. The van der Waals surface area contributed by atoms with Crippen LogP contribution in [-0.2, 0) is 6.54 Å². The lowest BCUT2D eigenvalue weighted by molar-refractivity contribution is 0.0772. The molecule has 0 unspecified atom stereocenters. The predicted octanol–water partition coefficient (Wildman–Crippen LogP) is 0.611. The van der Waals surface area contributed by atoms with Crippen LogP contribution < -0.4 is 0 Å². The molecule has 0 bridgehead atoms. The van der Waals surface area contributed by atoms with Gasteiger partial charge < -0.3 is 4.90 Å². The van der Waals surface area contributed by atoms with Gasteiger partial charge in [0.05, 0.1) is 0 Å². The second kappa shape index (κ2) is 4.69. The number of amides is 1. The number of rotatable bonds is 3. The van der Waals surface area contributed by atoms with Crippen LogP contribution in [0, 0.1) is 5.82 Å². The van der Waals surface area contributed by atoms with Gasteiger partial charge in [0.1, 0.15) is 5.82 Å². The number of carbonyl (C=O) groups is 1. The van der Waals surface area contributed by atoms with Crippen molar-refractivity contribution in [2.75, 3.05) is 7.05 Å². The lowest BCUT2D eigenvalue weighted by Crippen LogP contribution is -2.27. The lowest BCUT2D eigenvalue weighted by Gasteiger charge is -2.15. The van der Waals surface area contributed by atoms with Crippen LogP contribution in [0.15, 0.2) is 24.3 Å². The summed E-state index contributed by atoms with van der Waals surface area (Å²) in [5.41, 5.74) is 0.437. The van der Waals surface area contributed by atoms with Gasteiger partial charge in [-0.05, 0) is 11.3 Å². The molecule has 0 radical (unpaired) electrons. The van der Waals surface area contributed by atoms with E-state index in [0.29, 0.717) is 5.56 Å². The van der Waals surface area contributed by atoms with Crippen LogP contribution in [0.4, 0.5) is 4.39 Å². The number of nitrogens with zero attached hydrogens (tertiary/aromatic N) is 4. The van der Waals surface area contributed by atoms with E-state index in [1.807, 2.05) is 0 Å². The van der Waals surface area contributed by atoms with Crippen molar-refractivity contribution < 1.29 is 9.18 Å². The van der Waals surface area contributed by atoms with Gasteiger partial charge in [0.25, 0.3) is 11.7 Å². The Morgan fingerprint density at radius 2 is 2.24 bits per heavy atom. The largest absolute Gasteiger partial charge is 0.334 e. The molecule has 2 aromatic rings. The first kappa shape index (κ1) is 11.2. The Labute approximate surface area is 96.4 Å². The van der Waals surface area contributed by atoms with Crippen LogP contribution in [0.5, 0.6) is 0 Å². The van der Waals surface area contributed by atoms with E-state index in [1.165, 1.54) is 11.0 Å². The van der Waals surface area contributed by atoms with Crippen LogP contribution in [0.1, 0.15) is 16.2 Å². The standard InChI is InChI=1S/C10H10FN5O/c1-16(10(17)9-12-14-15-13-9)6-7-4-2-3-5-8(7)11/h2-5H,6H2,1H3,(H,12,13,14,15). The fraction of sp³-hybridized carbons (Fsp3) is 0.200. The maximum Gasteiger partial charge on any atom is 0.295 e. The fourth-order valence-corrected chi connectivity index (χ4v) is 1.38. The molecule has 0 atom stereocenters. The molecule has 88 valence electrons. The summed E-state index contributed by atoms with van der Waals surface area (Å²) in [5.74, 6) is -0.800. The highest BCUT2D eigenvalue weighted by Gasteiger charge is 2.17. The zero-order valence-electron chi connectivity index (χ0n) is 9.09. The van der Waals surface area contributed by atoms with Crippen molar-refractivity contribution >= 4 is 5.91 Å². The van der Waals surface area contributed by atoms with Crippen molar-refractivity contribution in [3.05, 3.63) is 41.5 Å². The van der Waals surface area contributed by atoms with Gasteiger partial charge >= 0.3 is 0 Å². The molecule has 17 heavy (non-hydrogen) atoms. The molecular formula is C10H10FN5O. The van der Waals surface area contributed by atoms with E-state index in [4.69, 9.17) is 0 Å². The van der Waals surface area contributed by atoms with Gasteiger partial charge in [0.15, 0.2) is 0 Å². The lowest BCUT2D eigenvalue weighted by atomic mass is 10.2. The number of aromatic nitrogens is 4. The summed E-state index contributed by atoms with van der Waals surface area (Å²) in [7, 11) is 1.55. The average Bonchev–Trinajstić information content (AvgIpc) is 2.84. The van der Waals surface area contributed by atoms with Crippen molar-refractivity contribution in [3.63, 3.8) is 0 Å². The van der Waals surface area contributed by atoms with Gasteiger partial charge in [-0.1, -0.05) is 18.2 Å². The fourth-order valence-electron chi connectivity index (χ4n) is 1.38. The summed E-state index contributed by atoms with van der Waals surface area (Å²) in [4.78, 5) is 13.1. The zero-order valence-corrected chi connectivity index (χ0v) is 9.09. The monoisotopic (exact) mass is 235 g/mol. The molecular weight excluding hydrogens is 225 g/mol. The van der Waals surface area contributed by atoms with Gasteiger partial charge in [-0.25, -0.2) is 4.39 Å². The summed E-state index contributed by atoms with van der Waals surface area (Å²) in [6.07, 6.45) is 0. The average molecular weight is 235 g/mol. The molecule has 2 rings (SSSR count). The summed E-state index contributed by atoms with van der Waals surface area (Å²) in [6, 6.07) is 6.28. The number of hydrogen-bond acceptors (Lipinski definition) is 4. The van der Waals surface area contributed by atoms with Gasteiger partial charge in [-0.2, -0.15) is 5.21 Å². The van der Waals surface area contributed by atoms with E-state index in [0.717, 1.165) is 0 Å². The molecule has 0 spiro atoms. The second-order valence-electron chi connectivity index (χ2n) is 3.49. The molecule has 0 aliphatic rings. The first-order valence-electron chi connectivity index (χ1n) is 4.91. The Hall–Kier alpha value is -2.31. The molecule has 0 saturated heterocycles. The number of hydrogen-bond donors (Lipinski definition) is 1. The van der Waals surface area contributed by atoms with Crippen LogP contribution in [-0.4, -0.2) is 38.5 Å². The number of aromatic amines is 1. The minimum absolute atomic E-state index is 0.0381. The van der Waals surface area contributed by atoms with Crippen LogP contribution in [0.2, 0.25) is 0 Å². The molecule has 0 saturated carbocycles. The third kappa shape index (κ3) is 2.44. The van der Waals surface area contributed by atoms with Crippen LogP contribution in [0.25, 0.3) is 0 Å². The number of carbonyl (C=O) groups excluding carboxylic acids is 1. The van der Waals surface area contributed by atoms with Gasteiger partial charge in [-0.3, -0.25) is 4.79 Å². The third-order valence-electron chi connectivity index (χ3n) is 2.25. The van der Waals surface area contributed by atoms with Crippen molar-refractivity contribution in [1.82, 2.24) is 25.5 Å². The Morgan fingerprint density at radius 1 is 1.47 bits per heavy atom. The minimum atomic E-state index is -0.415. The first-order valence-corrected chi connectivity index (χ1v) is 4.91. The predicted molar refractivity (Wildman–Crippen MR) is 56.4 cm³/mol. The Morgan fingerprint density at radius 3 is 2.88 bits per heavy atom. The highest BCUT2D eigenvalue weighted by molar-refractivity contribution is 5.89. The highest BCUT2D eigenvalue weighted by atomic mass is 19.1. The van der Waals surface area contributed by atoms with Gasteiger partial charge in [0.2, 0.25) is 0 Å². The smallest absolute Gasteiger partial charge is 0.295 e. The number of halogens is 1. The summed E-state index contributed by atoms with van der Waals surface area (Å²) >= 11 is 0. The van der Waals surface area contributed by atoms with E-state index >= 15 is 0 Å². The number of H-pyrrole nitrogens is 1. The SMILES string of the molecule is CN(Cc1ccccc1F)C(=O)c1nn[nH]n1. The molecule has 1 aromatic carbocycles. The quantitative estimate of drug-likeness (QED) is 0.845. The van der Waals surface area contributed by atoms with Gasteiger partial charge in [0, 0.05) is 19.2 Å². The highest BCUT2D eigenvalue weighted by Crippen LogP contribution is 2.09. The first-order chi connectivity index (χ1) is 8.18. The third-order valence-corrected chi connectivity index (χ3v) is 2.25. The zero-order chi connectivity index (χ0) is 12.3. The summed E-state index contributed by atoms with van der Waals surface area (Å²) < 4.78 is 13.4. The molecule has 1 heterocycles. The van der Waals surface area contributed by atoms with Gasteiger partial charge in [-0.15, -0.1) is 10.2 Å². The Bertz CT molecular complexity index is 513. The molecule has 0 aliphatic heterocycles. The molecule has 7 heteroatoms. The van der Waals surface area contributed by atoms with E-state index in [1.54, 1.807) is 25.2 Å². The molecule has 1 aromatic heterocycles. The normalized spacial score (nSPS) is 10.2. The number of tetrazole rings is 1. The van der Waals surface area contributed by atoms with E-state index < -0.39 is 5.91 Å². The minimum Gasteiger partial charge on any atom is -0.334 e. The van der Waals surface area contributed by atoms with E-state index in [9.17, 15) is 9.18 Å². The van der Waals surface area contributed by atoms with Crippen molar-refractivity contribution in [2.24, 2.45) is 0 Å². The summed E-state index contributed by atoms with van der Waals surface area (Å²) in [5, 5.41) is 12.6. The van der Waals surface area contributed by atoms with E-state index in [2.05, 4.69) is 20.6 Å².